The fourth-order valence-corrected chi connectivity index (χ4v) is 1.88. The third-order valence-corrected chi connectivity index (χ3v) is 3.15. The molecule has 0 aliphatic rings. The van der Waals surface area contributed by atoms with Crippen molar-refractivity contribution in [3.8, 4) is 0 Å². The Morgan fingerprint density at radius 1 is 1.35 bits per heavy atom. The molecule has 0 aliphatic heterocycles. The first-order chi connectivity index (χ1) is 9.36. The fourth-order valence-electron chi connectivity index (χ4n) is 1.88. The standard InChI is InChI=1S/C14H21N3O3/c1-5-15-8-11(4)14(18)16-12-7-13(17(19)20)10(3)6-9(12)2/h6-7,11,15H,5,8H2,1-4H3,(H,16,18). The molecule has 0 aliphatic carbocycles. The number of hydrogen-bond donors (Lipinski definition) is 2. The number of rotatable bonds is 6. The number of aryl methyl sites for hydroxylation is 2. The van der Waals surface area contributed by atoms with Crippen LogP contribution < -0.4 is 10.6 Å². The van der Waals surface area contributed by atoms with Crippen molar-refractivity contribution in [1.82, 2.24) is 5.32 Å². The van der Waals surface area contributed by atoms with Crippen LogP contribution in [0.15, 0.2) is 12.1 Å². The SMILES string of the molecule is CCNCC(C)C(=O)Nc1cc([N+](=O)[O-])c(C)cc1C. The Hall–Kier alpha value is -1.95. The van der Waals surface area contributed by atoms with Crippen molar-refractivity contribution in [1.29, 1.82) is 0 Å². The van der Waals surface area contributed by atoms with Gasteiger partial charge < -0.3 is 10.6 Å². The average molecular weight is 279 g/mol. The van der Waals surface area contributed by atoms with Gasteiger partial charge in [-0.15, -0.1) is 0 Å². The summed E-state index contributed by atoms with van der Waals surface area (Å²) in [6.07, 6.45) is 0. The highest BCUT2D eigenvalue weighted by Gasteiger charge is 2.17. The van der Waals surface area contributed by atoms with Gasteiger partial charge in [0.1, 0.15) is 0 Å². The van der Waals surface area contributed by atoms with Gasteiger partial charge in [0, 0.05) is 24.1 Å². The summed E-state index contributed by atoms with van der Waals surface area (Å²) >= 11 is 0. The van der Waals surface area contributed by atoms with Crippen molar-refractivity contribution >= 4 is 17.3 Å². The summed E-state index contributed by atoms with van der Waals surface area (Å²) in [6.45, 7) is 8.67. The highest BCUT2D eigenvalue weighted by atomic mass is 16.6. The van der Waals surface area contributed by atoms with Crippen molar-refractivity contribution in [2.24, 2.45) is 5.92 Å². The van der Waals surface area contributed by atoms with Crippen LogP contribution in [0, 0.1) is 29.9 Å². The molecule has 2 N–H and O–H groups in total. The Labute approximate surface area is 118 Å². The molecule has 1 unspecified atom stereocenters. The van der Waals surface area contributed by atoms with E-state index in [0.29, 0.717) is 17.8 Å². The Morgan fingerprint density at radius 3 is 2.55 bits per heavy atom. The minimum absolute atomic E-state index is 0.0187. The molecule has 0 fully saturated rings. The lowest BCUT2D eigenvalue weighted by Crippen LogP contribution is -2.30. The predicted molar refractivity (Wildman–Crippen MR) is 78.9 cm³/mol. The minimum Gasteiger partial charge on any atom is -0.325 e. The van der Waals surface area contributed by atoms with E-state index in [1.807, 2.05) is 20.8 Å². The van der Waals surface area contributed by atoms with Crippen LogP contribution in [-0.2, 0) is 4.79 Å². The van der Waals surface area contributed by atoms with Gasteiger partial charge >= 0.3 is 0 Å². The van der Waals surface area contributed by atoms with Crippen molar-refractivity contribution in [2.75, 3.05) is 18.4 Å². The summed E-state index contributed by atoms with van der Waals surface area (Å²) < 4.78 is 0. The van der Waals surface area contributed by atoms with E-state index in [9.17, 15) is 14.9 Å². The van der Waals surface area contributed by atoms with Crippen LogP contribution in [0.5, 0.6) is 0 Å². The number of amides is 1. The van der Waals surface area contributed by atoms with E-state index in [1.165, 1.54) is 6.07 Å². The van der Waals surface area contributed by atoms with E-state index < -0.39 is 4.92 Å². The van der Waals surface area contributed by atoms with Gasteiger partial charge in [-0.3, -0.25) is 14.9 Å². The number of hydrogen-bond acceptors (Lipinski definition) is 4. The van der Waals surface area contributed by atoms with Gasteiger partial charge in [0.2, 0.25) is 5.91 Å². The van der Waals surface area contributed by atoms with E-state index in [-0.39, 0.29) is 17.5 Å². The maximum absolute atomic E-state index is 12.0. The highest BCUT2D eigenvalue weighted by Crippen LogP contribution is 2.26. The molecule has 1 aromatic rings. The number of nitro groups is 1. The molecule has 0 spiro atoms. The molecule has 6 heteroatoms. The molecule has 20 heavy (non-hydrogen) atoms. The summed E-state index contributed by atoms with van der Waals surface area (Å²) in [5.41, 5.74) is 1.92. The van der Waals surface area contributed by atoms with Crippen molar-refractivity contribution in [3.05, 3.63) is 33.4 Å². The molecule has 1 aromatic carbocycles. The molecule has 1 amide bonds. The largest absolute Gasteiger partial charge is 0.325 e. The second-order valence-electron chi connectivity index (χ2n) is 4.91. The summed E-state index contributed by atoms with van der Waals surface area (Å²) in [7, 11) is 0. The van der Waals surface area contributed by atoms with E-state index in [4.69, 9.17) is 0 Å². The predicted octanol–water partition coefficient (Wildman–Crippen LogP) is 2.40. The molecule has 6 nitrogen and oxygen atoms in total. The van der Waals surface area contributed by atoms with Crippen molar-refractivity contribution < 1.29 is 9.72 Å². The molecular weight excluding hydrogens is 258 g/mol. The summed E-state index contributed by atoms with van der Waals surface area (Å²) in [6, 6.07) is 3.13. The third-order valence-electron chi connectivity index (χ3n) is 3.15. The van der Waals surface area contributed by atoms with E-state index >= 15 is 0 Å². The van der Waals surface area contributed by atoms with Crippen LogP contribution in [0.4, 0.5) is 11.4 Å². The van der Waals surface area contributed by atoms with Gasteiger partial charge in [-0.25, -0.2) is 0 Å². The molecule has 0 heterocycles. The Balaban J connectivity index is 2.89. The van der Waals surface area contributed by atoms with Crippen LogP contribution in [0.25, 0.3) is 0 Å². The minimum atomic E-state index is -0.438. The number of benzene rings is 1. The molecular formula is C14H21N3O3. The zero-order valence-electron chi connectivity index (χ0n) is 12.3. The number of nitrogens with one attached hydrogen (secondary N) is 2. The van der Waals surface area contributed by atoms with Gasteiger partial charge in [0.25, 0.3) is 5.69 Å². The van der Waals surface area contributed by atoms with E-state index in [2.05, 4.69) is 10.6 Å². The Bertz CT molecular complexity index is 515. The third kappa shape index (κ3) is 4.03. The van der Waals surface area contributed by atoms with Gasteiger partial charge in [0.05, 0.1) is 10.6 Å². The van der Waals surface area contributed by atoms with Gasteiger partial charge in [-0.05, 0) is 32.0 Å². The van der Waals surface area contributed by atoms with Crippen molar-refractivity contribution in [2.45, 2.75) is 27.7 Å². The maximum Gasteiger partial charge on any atom is 0.274 e. The normalized spacial score (nSPS) is 12.0. The van der Waals surface area contributed by atoms with Gasteiger partial charge in [-0.2, -0.15) is 0 Å². The van der Waals surface area contributed by atoms with Crippen LogP contribution in [0.3, 0.4) is 0 Å². The summed E-state index contributed by atoms with van der Waals surface area (Å²) in [5, 5.41) is 16.8. The summed E-state index contributed by atoms with van der Waals surface area (Å²) in [5.74, 6) is -0.345. The molecule has 110 valence electrons. The van der Waals surface area contributed by atoms with E-state index in [0.717, 1.165) is 12.1 Å². The molecule has 1 atom stereocenters. The maximum atomic E-state index is 12.0. The number of anilines is 1. The van der Waals surface area contributed by atoms with Gasteiger partial charge in [0.15, 0.2) is 0 Å². The number of carbonyl (C=O) groups excluding carboxylic acids is 1. The zero-order valence-corrected chi connectivity index (χ0v) is 12.3. The highest BCUT2D eigenvalue weighted by molar-refractivity contribution is 5.93. The molecule has 0 bridgehead atoms. The topological polar surface area (TPSA) is 84.3 Å². The smallest absolute Gasteiger partial charge is 0.274 e. The van der Waals surface area contributed by atoms with Crippen LogP contribution in [-0.4, -0.2) is 23.9 Å². The van der Waals surface area contributed by atoms with Crippen LogP contribution in [0.1, 0.15) is 25.0 Å². The fraction of sp³-hybridized carbons (Fsp3) is 0.500. The van der Waals surface area contributed by atoms with Crippen molar-refractivity contribution in [3.63, 3.8) is 0 Å². The lowest BCUT2D eigenvalue weighted by Gasteiger charge is -2.14. The van der Waals surface area contributed by atoms with Crippen LogP contribution >= 0.6 is 0 Å². The zero-order chi connectivity index (χ0) is 15.3. The van der Waals surface area contributed by atoms with Gasteiger partial charge in [-0.1, -0.05) is 13.8 Å². The lowest BCUT2D eigenvalue weighted by atomic mass is 10.1. The molecule has 0 radical (unpaired) electrons. The first kappa shape index (κ1) is 16.1. The van der Waals surface area contributed by atoms with E-state index in [1.54, 1.807) is 13.0 Å². The molecule has 1 rings (SSSR count). The first-order valence-electron chi connectivity index (χ1n) is 6.64. The first-order valence-corrected chi connectivity index (χ1v) is 6.64. The molecule has 0 saturated carbocycles. The molecule has 0 aromatic heterocycles. The number of nitrogens with zero attached hydrogens (tertiary/aromatic N) is 1. The monoisotopic (exact) mass is 279 g/mol. The second-order valence-corrected chi connectivity index (χ2v) is 4.91. The van der Waals surface area contributed by atoms with Crippen LogP contribution in [0.2, 0.25) is 0 Å². The lowest BCUT2D eigenvalue weighted by molar-refractivity contribution is -0.385. The summed E-state index contributed by atoms with van der Waals surface area (Å²) in [4.78, 5) is 22.5. The second kappa shape index (κ2) is 7.00. The molecule has 0 saturated heterocycles. The number of carbonyl (C=O) groups is 1. The Morgan fingerprint density at radius 2 is 2.00 bits per heavy atom. The average Bonchev–Trinajstić information content (AvgIpc) is 2.38. The quantitative estimate of drug-likeness (QED) is 0.618. The number of nitro benzene ring substituents is 1. The Kier molecular flexibility index (Phi) is 5.64.